The van der Waals surface area contributed by atoms with Crippen LogP contribution in [-0.4, -0.2) is 28.8 Å². The third-order valence-corrected chi connectivity index (χ3v) is 6.42. The summed E-state index contributed by atoms with van der Waals surface area (Å²) < 4.78 is 1.36. The van der Waals surface area contributed by atoms with E-state index in [9.17, 15) is 9.59 Å². The van der Waals surface area contributed by atoms with Crippen molar-refractivity contribution in [1.29, 1.82) is 0 Å². The number of benzene rings is 2. The van der Waals surface area contributed by atoms with Gasteiger partial charge in [0.25, 0.3) is 5.56 Å². The number of nitrogens with zero attached hydrogens (tertiary/aromatic N) is 3. The van der Waals surface area contributed by atoms with E-state index < -0.39 is 0 Å². The van der Waals surface area contributed by atoms with Crippen molar-refractivity contribution in [2.24, 2.45) is 5.92 Å². The number of rotatable bonds is 5. The summed E-state index contributed by atoms with van der Waals surface area (Å²) in [5.41, 5.74) is 3.63. The fourth-order valence-electron chi connectivity index (χ4n) is 4.00. The third kappa shape index (κ3) is 4.86. The van der Waals surface area contributed by atoms with E-state index in [0.29, 0.717) is 29.6 Å². The largest absolute Gasteiger partial charge is 0.354 e. The number of aryl methyl sites for hydroxylation is 2. The van der Waals surface area contributed by atoms with E-state index in [0.717, 1.165) is 30.5 Å². The second kappa shape index (κ2) is 9.57. The molecule has 1 fully saturated rings. The number of halogens is 1. The first-order chi connectivity index (χ1) is 15.4. The fraction of sp³-hybridized carbons (Fsp3) is 0.320. The van der Waals surface area contributed by atoms with Crippen molar-refractivity contribution in [2.45, 2.75) is 33.2 Å². The Balaban J connectivity index is 1.48. The second-order valence-corrected chi connectivity index (χ2v) is 8.71. The van der Waals surface area contributed by atoms with Crippen LogP contribution in [0.15, 0.2) is 59.4 Å². The number of carbonyl (C=O) groups excluding carboxylic acids is 1. The van der Waals surface area contributed by atoms with Gasteiger partial charge in [0.05, 0.1) is 11.6 Å². The molecule has 166 valence electrons. The smallest absolute Gasteiger partial charge is 0.271 e. The van der Waals surface area contributed by atoms with Gasteiger partial charge in [0, 0.05) is 30.7 Å². The summed E-state index contributed by atoms with van der Waals surface area (Å²) in [6.45, 7) is 5.85. The minimum atomic E-state index is -0.224. The predicted molar refractivity (Wildman–Crippen MR) is 128 cm³/mol. The summed E-state index contributed by atoms with van der Waals surface area (Å²) in [7, 11) is 0. The van der Waals surface area contributed by atoms with Crippen LogP contribution < -0.4 is 15.8 Å². The van der Waals surface area contributed by atoms with Crippen LogP contribution in [0.1, 0.15) is 29.5 Å². The Morgan fingerprint density at radius 1 is 1.12 bits per heavy atom. The van der Waals surface area contributed by atoms with Crippen molar-refractivity contribution in [3.8, 4) is 5.69 Å². The molecule has 0 radical (unpaired) electrons. The molecule has 0 bridgehead atoms. The number of carbonyl (C=O) groups is 1. The average molecular weight is 451 g/mol. The highest BCUT2D eigenvalue weighted by Crippen LogP contribution is 2.23. The molecule has 1 aliphatic heterocycles. The van der Waals surface area contributed by atoms with Gasteiger partial charge >= 0.3 is 0 Å². The van der Waals surface area contributed by atoms with E-state index >= 15 is 0 Å². The Morgan fingerprint density at radius 3 is 2.72 bits per heavy atom. The monoisotopic (exact) mass is 450 g/mol. The van der Waals surface area contributed by atoms with Crippen molar-refractivity contribution < 1.29 is 4.79 Å². The van der Waals surface area contributed by atoms with Crippen molar-refractivity contribution >= 4 is 23.3 Å². The van der Waals surface area contributed by atoms with Crippen molar-refractivity contribution in [1.82, 2.24) is 15.1 Å². The number of aromatic nitrogens is 2. The lowest BCUT2D eigenvalue weighted by Crippen LogP contribution is -2.43. The average Bonchev–Trinajstić information content (AvgIpc) is 2.80. The maximum Gasteiger partial charge on any atom is 0.271 e. The minimum Gasteiger partial charge on any atom is -0.354 e. The highest BCUT2D eigenvalue weighted by Gasteiger charge is 2.27. The van der Waals surface area contributed by atoms with Crippen LogP contribution in [0, 0.1) is 19.8 Å². The molecule has 32 heavy (non-hydrogen) atoms. The van der Waals surface area contributed by atoms with Crippen LogP contribution in [-0.2, 0) is 11.3 Å². The molecule has 1 amide bonds. The highest BCUT2D eigenvalue weighted by molar-refractivity contribution is 6.31. The van der Waals surface area contributed by atoms with Gasteiger partial charge in [0.2, 0.25) is 5.91 Å². The van der Waals surface area contributed by atoms with E-state index in [1.165, 1.54) is 16.3 Å². The Labute approximate surface area is 192 Å². The number of nitrogens with one attached hydrogen (secondary N) is 1. The molecular formula is C25H27ClN4O2. The van der Waals surface area contributed by atoms with E-state index in [2.05, 4.69) is 15.3 Å². The van der Waals surface area contributed by atoms with Gasteiger partial charge in [0.1, 0.15) is 5.82 Å². The number of hydrogen-bond donors (Lipinski definition) is 1. The fourth-order valence-corrected chi connectivity index (χ4v) is 4.18. The van der Waals surface area contributed by atoms with Crippen LogP contribution in [0.25, 0.3) is 5.69 Å². The molecule has 1 aromatic heterocycles. The summed E-state index contributed by atoms with van der Waals surface area (Å²) >= 11 is 6.24. The van der Waals surface area contributed by atoms with Gasteiger partial charge in [-0.1, -0.05) is 41.9 Å². The zero-order chi connectivity index (χ0) is 22.7. The first-order valence-corrected chi connectivity index (χ1v) is 11.2. The second-order valence-electron chi connectivity index (χ2n) is 8.30. The molecule has 1 saturated heterocycles. The van der Waals surface area contributed by atoms with Gasteiger partial charge in [-0.25, -0.2) is 0 Å². The lowest BCUT2D eigenvalue weighted by Gasteiger charge is -2.33. The number of amides is 1. The quantitative estimate of drug-likeness (QED) is 0.637. The summed E-state index contributed by atoms with van der Waals surface area (Å²) in [5.74, 6) is 0.609. The molecule has 1 atom stereocenters. The maximum atomic E-state index is 12.8. The van der Waals surface area contributed by atoms with Crippen LogP contribution in [0.5, 0.6) is 0 Å². The number of piperidine rings is 1. The van der Waals surface area contributed by atoms with E-state index in [-0.39, 0.29) is 17.4 Å². The lowest BCUT2D eigenvalue weighted by molar-refractivity contribution is -0.125. The number of anilines is 1. The molecular weight excluding hydrogens is 424 g/mol. The van der Waals surface area contributed by atoms with Crippen LogP contribution >= 0.6 is 11.6 Å². The zero-order valence-corrected chi connectivity index (χ0v) is 19.1. The van der Waals surface area contributed by atoms with E-state index in [1.807, 2.05) is 50.2 Å². The van der Waals surface area contributed by atoms with Crippen molar-refractivity contribution in [3.05, 3.63) is 86.7 Å². The van der Waals surface area contributed by atoms with Gasteiger partial charge in [-0.15, -0.1) is 5.10 Å². The van der Waals surface area contributed by atoms with Crippen molar-refractivity contribution in [3.63, 3.8) is 0 Å². The van der Waals surface area contributed by atoms with Crippen molar-refractivity contribution in [2.75, 3.05) is 18.0 Å². The van der Waals surface area contributed by atoms with E-state index in [1.54, 1.807) is 12.1 Å². The molecule has 6 nitrogen and oxygen atoms in total. The first-order valence-electron chi connectivity index (χ1n) is 10.9. The molecule has 4 rings (SSSR count). The van der Waals surface area contributed by atoms with Gasteiger partial charge < -0.3 is 10.2 Å². The van der Waals surface area contributed by atoms with Gasteiger partial charge in [-0.2, -0.15) is 4.68 Å². The van der Waals surface area contributed by atoms with E-state index in [4.69, 9.17) is 11.6 Å². The van der Waals surface area contributed by atoms with Gasteiger partial charge in [0.15, 0.2) is 0 Å². The SMILES string of the molecule is Cc1ccc(-n2nc(N3CCCC(C(=O)NCc4ccccc4C)C3)ccc2=O)cc1Cl. The summed E-state index contributed by atoms with van der Waals surface area (Å²) in [6.07, 6.45) is 1.73. The molecule has 1 aliphatic rings. The van der Waals surface area contributed by atoms with Gasteiger partial charge in [-0.3, -0.25) is 9.59 Å². The molecule has 7 heteroatoms. The topological polar surface area (TPSA) is 67.2 Å². The standard InChI is InChI=1S/C25H27ClN4O2/c1-17-6-3-4-7-19(17)15-27-25(32)20-8-5-13-29(16-20)23-11-12-24(31)30(28-23)21-10-9-18(2)22(26)14-21/h3-4,6-7,9-12,14,20H,5,8,13,15-16H2,1-2H3,(H,27,32). The van der Waals surface area contributed by atoms with Crippen LogP contribution in [0.2, 0.25) is 5.02 Å². The molecule has 0 saturated carbocycles. The summed E-state index contributed by atoms with van der Waals surface area (Å²) in [4.78, 5) is 27.4. The molecule has 2 aromatic carbocycles. The highest BCUT2D eigenvalue weighted by atomic mass is 35.5. The minimum absolute atomic E-state index is 0.0524. The summed E-state index contributed by atoms with van der Waals surface area (Å²) in [5, 5.41) is 8.25. The molecule has 0 spiro atoms. The summed E-state index contributed by atoms with van der Waals surface area (Å²) in [6, 6.07) is 16.7. The molecule has 2 heterocycles. The number of hydrogen-bond acceptors (Lipinski definition) is 4. The Kier molecular flexibility index (Phi) is 6.61. The maximum absolute atomic E-state index is 12.8. The molecule has 0 aliphatic carbocycles. The first kappa shape index (κ1) is 22.1. The molecule has 1 unspecified atom stereocenters. The molecule has 3 aromatic rings. The van der Waals surface area contributed by atoms with Gasteiger partial charge in [-0.05, 0) is 61.6 Å². The normalized spacial score (nSPS) is 16.1. The Morgan fingerprint density at radius 2 is 1.94 bits per heavy atom. The zero-order valence-electron chi connectivity index (χ0n) is 18.3. The van der Waals surface area contributed by atoms with Crippen LogP contribution in [0.3, 0.4) is 0 Å². The Bertz CT molecular complexity index is 1190. The Hall–Kier alpha value is -3.12. The lowest BCUT2D eigenvalue weighted by atomic mass is 9.97. The predicted octanol–water partition coefficient (Wildman–Crippen LogP) is 4.04. The third-order valence-electron chi connectivity index (χ3n) is 6.02. The van der Waals surface area contributed by atoms with Crippen LogP contribution in [0.4, 0.5) is 5.82 Å². The molecule has 1 N–H and O–H groups in total.